The highest BCUT2D eigenvalue weighted by atomic mass is 32.2. The van der Waals surface area contributed by atoms with Crippen LogP contribution < -0.4 is 0 Å². The molecule has 0 radical (unpaired) electrons. The number of carbonyl (C=O) groups excluding carboxylic acids is 1. The van der Waals surface area contributed by atoms with Crippen molar-refractivity contribution in [2.75, 3.05) is 6.54 Å². The molecule has 4 aromatic rings. The van der Waals surface area contributed by atoms with E-state index in [1.54, 1.807) is 0 Å². The second-order valence-corrected chi connectivity index (χ2v) is 10.3. The molecule has 34 heavy (non-hydrogen) atoms. The van der Waals surface area contributed by atoms with Crippen molar-refractivity contribution in [1.82, 2.24) is 4.31 Å². The molecule has 7 heteroatoms. The molecule has 2 heterocycles. The van der Waals surface area contributed by atoms with Crippen LogP contribution in [0.4, 0.5) is 4.39 Å². The predicted molar refractivity (Wildman–Crippen MR) is 128 cm³/mol. The Bertz CT molecular complexity index is 1450. The lowest BCUT2D eigenvalue weighted by Crippen LogP contribution is -2.40. The fraction of sp³-hybridized carbons (Fsp3) is 0.222. The monoisotopic (exact) mass is 477 g/mol. The standard InChI is InChI=1S/C27H24FNO4S/c28-22-13-15-26-21(17-22)18-27(33-26)34(31,32)29-16-6-11-24(29)25(30)14-12-20-9-4-5-10-23(20)19-7-2-1-3-8-19/h1-5,7-10,13,15,17-18,24H,6,11-12,14,16H2/t24-/m0/s1. The van der Waals surface area contributed by atoms with Gasteiger partial charge in [-0.2, -0.15) is 4.31 Å². The Labute approximate surface area is 197 Å². The average molecular weight is 478 g/mol. The molecule has 5 rings (SSSR count). The molecule has 0 saturated carbocycles. The number of aryl methyl sites for hydroxylation is 1. The summed E-state index contributed by atoms with van der Waals surface area (Å²) in [5.74, 6) is -0.576. The van der Waals surface area contributed by atoms with Gasteiger partial charge in [-0.05, 0) is 54.2 Å². The zero-order valence-corrected chi connectivity index (χ0v) is 19.3. The summed E-state index contributed by atoms with van der Waals surface area (Å²) >= 11 is 0. The number of rotatable bonds is 7. The van der Waals surface area contributed by atoms with Gasteiger partial charge in [-0.15, -0.1) is 0 Å². The fourth-order valence-corrected chi connectivity index (χ4v) is 6.27. The Morgan fingerprint density at radius 2 is 1.76 bits per heavy atom. The van der Waals surface area contributed by atoms with Crippen LogP contribution in [-0.4, -0.2) is 31.1 Å². The van der Waals surface area contributed by atoms with E-state index in [-0.39, 0.29) is 23.8 Å². The van der Waals surface area contributed by atoms with Gasteiger partial charge in [0, 0.05) is 24.4 Å². The van der Waals surface area contributed by atoms with Crippen LogP contribution in [0.15, 0.2) is 88.4 Å². The first-order valence-electron chi connectivity index (χ1n) is 11.3. The van der Waals surface area contributed by atoms with E-state index in [0.29, 0.717) is 30.2 Å². The van der Waals surface area contributed by atoms with E-state index in [1.807, 2.05) is 54.6 Å². The number of ketones is 1. The van der Waals surface area contributed by atoms with Crippen LogP contribution in [0.25, 0.3) is 22.1 Å². The summed E-state index contributed by atoms with van der Waals surface area (Å²) < 4.78 is 46.9. The van der Waals surface area contributed by atoms with Crippen molar-refractivity contribution < 1.29 is 22.0 Å². The molecule has 5 nitrogen and oxygen atoms in total. The third kappa shape index (κ3) is 4.29. The van der Waals surface area contributed by atoms with Crippen LogP contribution in [0.3, 0.4) is 0 Å². The lowest BCUT2D eigenvalue weighted by Gasteiger charge is -2.22. The summed E-state index contributed by atoms with van der Waals surface area (Å²) in [6.45, 7) is 0.255. The minimum absolute atomic E-state index is 0.105. The van der Waals surface area contributed by atoms with Crippen LogP contribution in [0.5, 0.6) is 0 Å². The molecular weight excluding hydrogens is 453 g/mol. The van der Waals surface area contributed by atoms with Crippen molar-refractivity contribution in [3.63, 3.8) is 0 Å². The van der Waals surface area contributed by atoms with Crippen molar-refractivity contribution >= 4 is 26.8 Å². The van der Waals surface area contributed by atoms with Crippen LogP contribution in [0.2, 0.25) is 0 Å². The van der Waals surface area contributed by atoms with Gasteiger partial charge in [0.15, 0.2) is 5.78 Å². The Morgan fingerprint density at radius 3 is 2.59 bits per heavy atom. The number of halogens is 1. The summed E-state index contributed by atoms with van der Waals surface area (Å²) in [6, 6.07) is 22.4. The summed E-state index contributed by atoms with van der Waals surface area (Å²) in [6.07, 6.45) is 1.85. The van der Waals surface area contributed by atoms with E-state index in [4.69, 9.17) is 4.42 Å². The van der Waals surface area contributed by atoms with Crippen molar-refractivity contribution in [2.24, 2.45) is 0 Å². The number of nitrogens with zero attached hydrogens (tertiary/aromatic N) is 1. The minimum atomic E-state index is -4.02. The molecule has 1 atom stereocenters. The zero-order valence-electron chi connectivity index (χ0n) is 18.5. The Morgan fingerprint density at radius 1 is 1.00 bits per heavy atom. The normalized spacial score (nSPS) is 16.8. The molecule has 1 fully saturated rings. The molecule has 0 amide bonds. The highest BCUT2D eigenvalue weighted by Crippen LogP contribution is 2.32. The minimum Gasteiger partial charge on any atom is -0.443 e. The summed E-state index contributed by atoms with van der Waals surface area (Å²) in [4.78, 5) is 13.2. The largest absolute Gasteiger partial charge is 0.443 e. The number of sulfonamides is 1. The summed E-state index contributed by atoms with van der Waals surface area (Å²) in [5, 5.41) is 0.111. The molecule has 1 aromatic heterocycles. The van der Waals surface area contributed by atoms with E-state index >= 15 is 0 Å². The maximum atomic E-state index is 13.5. The molecule has 0 bridgehead atoms. The molecule has 0 N–H and O–H groups in total. The van der Waals surface area contributed by atoms with E-state index in [1.165, 1.54) is 28.6 Å². The van der Waals surface area contributed by atoms with Crippen LogP contribution in [0.1, 0.15) is 24.8 Å². The number of Topliss-reactive ketones (excluding diaryl/α,β-unsaturated/α-hetero) is 1. The zero-order chi connectivity index (χ0) is 23.7. The molecular formula is C27H24FNO4S. The third-order valence-corrected chi connectivity index (χ3v) is 8.10. The average Bonchev–Trinajstić information content (AvgIpc) is 3.51. The quantitative estimate of drug-likeness (QED) is 0.348. The first-order chi connectivity index (χ1) is 16.4. The maximum Gasteiger partial charge on any atom is 0.277 e. The number of carbonyl (C=O) groups is 1. The number of hydrogen-bond acceptors (Lipinski definition) is 4. The van der Waals surface area contributed by atoms with Gasteiger partial charge in [0.1, 0.15) is 11.4 Å². The number of fused-ring (bicyclic) bond motifs is 1. The maximum absolute atomic E-state index is 13.5. The number of benzene rings is 3. The Hall–Kier alpha value is -3.29. The van der Waals surface area contributed by atoms with Crippen LogP contribution >= 0.6 is 0 Å². The van der Waals surface area contributed by atoms with Gasteiger partial charge in [-0.25, -0.2) is 12.8 Å². The van der Waals surface area contributed by atoms with E-state index in [2.05, 4.69) is 0 Å². The Kier molecular flexibility index (Phi) is 6.06. The van der Waals surface area contributed by atoms with Gasteiger partial charge in [0.2, 0.25) is 5.09 Å². The van der Waals surface area contributed by atoms with Crippen molar-refractivity contribution in [1.29, 1.82) is 0 Å². The lowest BCUT2D eigenvalue weighted by atomic mass is 9.95. The Balaban J connectivity index is 1.35. The van der Waals surface area contributed by atoms with E-state index < -0.39 is 21.9 Å². The van der Waals surface area contributed by atoms with Gasteiger partial charge in [0.05, 0.1) is 6.04 Å². The van der Waals surface area contributed by atoms with Gasteiger partial charge >= 0.3 is 0 Å². The molecule has 0 aliphatic carbocycles. The molecule has 1 saturated heterocycles. The van der Waals surface area contributed by atoms with Gasteiger partial charge in [0.25, 0.3) is 10.0 Å². The van der Waals surface area contributed by atoms with Crippen molar-refractivity contribution in [3.05, 3.63) is 90.2 Å². The van der Waals surface area contributed by atoms with E-state index in [0.717, 1.165) is 16.7 Å². The second kappa shape index (κ2) is 9.16. The molecule has 0 unspecified atom stereocenters. The predicted octanol–water partition coefficient (Wildman–Crippen LogP) is 5.59. The van der Waals surface area contributed by atoms with Gasteiger partial charge in [-0.1, -0.05) is 54.6 Å². The SMILES string of the molecule is O=C(CCc1ccccc1-c1ccccc1)[C@@H]1CCCN1S(=O)(=O)c1cc2cc(F)ccc2o1. The fourth-order valence-electron chi connectivity index (χ4n) is 4.64. The van der Waals surface area contributed by atoms with Gasteiger partial charge < -0.3 is 4.42 Å². The molecule has 1 aliphatic heterocycles. The first kappa shape index (κ1) is 22.5. The number of hydrogen-bond donors (Lipinski definition) is 0. The first-order valence-corrected chi connectivity index (χ1v) is 12.7. The van der Waals surface area contributed by atoms with Gasteiger partial charge in [-0.3, -0.25) is 4.79 Å². The molecule has 174 valence electrons. The molecule has 3 aromatic carbocycles. The molecule has 0 spiro atoms. The van der Waals surface area contributed by atoms with Crippen LogP contribution in [0, 0.1) is 5.82 Å². The van der Waals surface area contributed by atoms with Crippen LogP contribution in [-0.2, 0) is 21.2 Å². The topological polar surface area (TPSA) is 67.6 Å². The summed E-state index contributed by atoms with van der Waals surface area (Å²) in [7, 11) is -4.02. The third-order valence-electron chi connectivity index (χ3n) is 6.34. The van der Waals surface area contributed by atoms with Crippen molar-refractivity contribution in [3.8, 4) is 11.1 Å². The number of furan rings is 1. The van der Waals surface area contributed by atoms with E-state index in [9.17, 15) is 17.6 Å². The highest BCUT2D eigenvalue weighted by Gasteiger charge is 2.40. The van der Waals surface area contributed by atoms with Crippen molar-refractivity contribution in [2.45, 2.75) is 36.8 Å². The lowest BCUT2D eigenvalue weighted by molar-refractivity contribution is -0.122. The summed E-state index contributed by atoms with van der Waals surface area (Å²) in [5.41, 5.74) is 3.49. The second-order valence-electron chi connectivity index (χ2n) is 8.51. The molecule has 1 aliphatic rings. The highest BCUT2D eigenvalue weighted by molar-refractivity contribution is 7.89. The smallest absolute Gasteiger partial charge is 0.277 e.